The van der Waals surface area contributed by atoms with Crippen LogP contribution in [0.3, 0.4) is 0 Å². The second kappa shape index (κ2) is 5.47. The second-order valence-corrected chi connectivity index (χ2v) is 9.29. The Morgan fingerprint density at radius 3 is 2.67 bits per heavy atom. The van der Waals surface area contributed by atoms with Crippen molar-refractivity contribution in [3.63, 3.8) is 0 Å². The number of hydrogen-bond acceptors (Lipinski definition) is 2. The van der Waals surface area contributed by atoms with Crippen LogP contribution in [-0.4, -0.2) is 12.9 Å². The molecule has 0 heterocycles. The Labute approximate surface area is 146 Å². The van der Waals surface area contributed by atoms with E-state index in [-0.39, 0.29) is 5.41 Å². The van der Waals surface area contributed by atoms with Crippen LogP contribution < -0.4 is 0 Å². The molecule has 0 saturated heterocycles. The van der Waals surface area contributed by atoms with Gasteiger partial charge in [-0.15, -0.1) is 0 Å². The molecule has 4 rings (SSSR count). The minimum atomic E-state index is 0.261. The Balaban J connectivity index is 1.68. The summed E-state index contributed by atoms with van der Waals surface area (Å²) in [5, 5.41) is 0. The molecule has 2 heteroatoms. The highest BCUT2D eigenvalue weighted by Crippen LogP contribution is 2.66. The van der Waals surface area contributed by atoms with Crippen LogP contribution in [0.15, 0.2) is 23.5 Å². The van der Waals surface area contributed by atoms with Crippen molar-refractivity contribution in [2.24, 2.45) is 34.5 Å². The summed E-state index contributed by atoms with van der Waals surface area (Å²) in [5.74, 6) is 4.20. The first kappa shape index (κ1) is 16.4. The number of ether oxygens (including phenoxy) is 1. The third kappa shape index (κ3) is 2.10. The van der Waals surface area contributed by atoms with Gasteiger partial charge in [0.05, 0.1) is 12.9 Å². The largest absolute Gasteiger partial charge is 0.501 e. The molecule has 0 radical (unpaired) electrons. The van der Waals surface area contributed by atoms with Crippen molar-refractivity contribution in [3.8, 4) is 0 Å². The average molecular weight is 328 g/mol. The van der Waals surface area contributed by atoms with Gasteiger partial charge in [-0.2, -0.15) is 0 Å². The Morgan fingerprint density at radius 2 is 1.96 bits per heavy atom. The Kier molecular flexibility index (Phi) is 3.75. The van der Waals surface area contributed by atoms with E-state index < -0.39 is 0 Å². The maximum absolute atomic E-state index is 12.2. The van der Waals surface area contributed by atoms with E-state index in [2.05, 4.69) is 26.0 Å². The third-order valence-electron chi connectivity index (χ3n) is 8.49. The van der Waals surface area contributed by atoms with E-state index >= 15 is 0 Å². The molecule has 0 aliphatic heterocycles. The topological polar surface area (TPSA) is 26.3 Å². The molecular formula is C22H32O2. The molecule has 2 fully saturated rings. The van der Waals surface area contributed by atoms with Crippen LogP contribution in [0.5, 0.6) is 0 Å². The smallest absolute Gasteiger partial charge is 0.133 e. The van der Waals surface area contributed by atoms with Gasteiger partial charge in [-0.1, -0.05) is 19.9 Å². The molecule has 4 aliphatic carbocycles. The lowest BCUT2D eigenvalue weighted by molar-refractivity contribution is -0.127. The summed E-state index contributed by atoms with van der Waals surface area (Å²) >= 11 is 0. The van der Waals surface area contributed by atoms with Crippen LogP contribution in [0.2, 0.25) is 0 Å². The molecule has 0 spiro atoms. The van der Waals surface area contributed by atoms with Gasteiger partial charge >= 0.3 is 0 Å². The SMILES string of the molecule is COC1=CC2=CCC3C(CCC4(C)C(C(C)=O)CCC34)C2(C)CC1. The fourth-order valence-electron chi connectivity index (χ4n) is 7.13. The van der Waals surface area contributed by atoms with Crippen LogP contribution in [0.4, 0.5) is 0 Å². The van der Waals surface area contributed by atoms with Gasteiger partial charge in [0, 0.05) is 12.3 Å². The maximum atomic E-state index is 12.2. The van der Waals surface area contributed by atoms with E-state index in [1.165, 1.54) is 37.7 Å². The molecule has 2 nitrogen and oxygen atoms in total. The highest BCUT2D eigenvalue weighted by Gasteiger charge is 2.58. The summed E-state index contributed by atoms with van der Waals surface area (Å²) in [6.07, 6.45) is 13.3. The predicted molar refractivity (Wildman–Crippen MR) is 96.3 cm³/mol. The standard InChI is InChI=1S/C22H32O2/c1-14(23)18-7-8-19-17-6-5-15-13-16(24-4)9-11-21(15,2)20(17)10-12-22(18,19)3/h5,13,17-20H,6-12H2,1-4H3. The highest BCUT2D eigenvalue weighted by atomic mass is 16.5. The quantitative estimate of drug-likeness (QED) is 0.688. The number of carbonyl (C=O) groups is 1. The molecule has 132 valence electrons. The van der Waals surface area contributed by atoms with E-state index in [4.69, 9.17) is 4.74 Å². The molecule has 2 saturated carbocycles. The number of ketones is 1. The fraction of sp³-hybridized carbons (Fsp3) is 0.773. The first-order chi connectivity index (χ1) is 11.4. The summed E-state index contributed by atoms with van der Waals surface area (Å²) < 4.78 is 5.53. The zero-order valence-corrected chi connectivity index (χ0v) is 15.7. The Morgan fingerprint density at radius 1 is 1.17 bits per heavy atom. The number of carbonyl (C=O) groups excluding carboxylic acids is 1. The van der Waals surface area contributed by atoms with E-state index in [0.717, 1.165) is 36.4 Å². The molecule has 0 bridgehead atoms. The molecule has 0 aromatic rings. The highest BCUT2D eigenvalue weighted by molar-refractivity contribution is 5.79. The number of allylic oxidation sites excluding steroid dienone is 4. The predicted octanol–water partition coefficient (Wildman–Crippen LogP) is 5.29. The van der Waals surface area contributed by atoms with Crippen molar-refractivity contribution < 1.29 is 9.53 Å². The summed E-state index contributed by atoms with van der Waals surface area (Å²) in [6.45, 7) is 6.75. The average Bonchev–Trinajstić information content (AvgIpc) is 2.91. The number of Topliss-reactive ketones (excluding diaryl/α,β-unsaturated/α-hetero) is 1. The number of hydrogen-bond donors (Lipinski definition) is 0. The maximum Gasteiger partial charge on any atom is 0.133 e. The zero-order valence-electron chi connectivity index (χ0n) is 15.7. The van der Waals surface area contributed by atoms with Crippen molar-refractivity contribution in [1.82, 2.24) is 0 Å². The van der Waals surface area contributed by atoms with Gasteiger partial charge in [0.1, 0.15) is 5.78 Å². The van der Waals surface area contributed by atoms with Gasteiger partial charge in [0.2, 0.25) is 0 Å². The first-order valence-corrected chi connectivity index (χ1v) is 9.86. The molecule has 0 aromatic carbocycles. The zero-order chi connectivity index (χ0) is 17.1. The monoisotopic (exact) mass is 328 g/mol. The van der Waals surface area contributed by atoms with Gasteiger partial charge in [0.15, 0.2) is 0 Å². The first-order valence-electron chi connectivity index (χ1n) is 9.86. The van der Waals surface area contributed by atoms with Gasteiger partial charge in [-0.3, -0.25) is 4.79 Å². The fourth-order valence-corrected chi connectivity index (χ4v) is 7.13. The summed E-state index contributed by atoms with van der Waals surface area (Å²) in [5.41, 5.74) is 2.11. The van der Waals surface area contributed by atoms with Gasteiger partial charge < -0.3 is 4.74 Å². The summed E-state index contributed by atoms with van der Waals surface area (Å²) in [4.78, 5) is 12.2. The Hall–Kier alpha value is -1.05. The van der Waals surface area contributed by atoms with E-state index in [1.807, 2.05) is 6.92 Å². The molecule has 4 aliphatic rings. The minimum Gasteiger partial charge on any atom is -0.501 e. The van der Waals surface area contributed by atoms with Crippen molar-refractivity contribution >= 4 is 5.78 Å². The van der Waals surface area contributed by atoms with Gasteiger partial charge in [0.25, 0.3) is 0 Å². The molecule has 0 amide bonds. The van der Waals surface area contributed by atoms with E-state index in [1.54, 1.807) is 7.11 Å². The lowest BCUT2D eigenvalue weighted by atomic mass is 9.48. The van der Waals surface area contributed by atoms with Crippen LogP contribution in [0.1, 0.15) is 65.7 Å². The van der Waals surface area contributed by atoms with Crippen LogP contribution in [-0.2, 0) is 9.53 Å². The molecule has 6 atom stereocenters. The van der Waals surface area contributed by atoms with Gasteiger partial charge in [-0.25, -0.2) is 0 Å². The van der Waals surface area contributed by atoms with Crippen LogP contribution >= 0.6 is 0 Å². The molecule has 6 unspecified atom stereocenters. The Bertz CT molecular complexity index is 615. The number of rotatable bonds is 2. The minimum absolute atomic E-state index is 0.261. The van der Waals surface area contributed by atoms with Crippen molar-refractivity contribution in [2.45, 2.75) is 65.7 Å². The van der Waals surface area contributed by atoms with E-state index in [0.29, 0.717) is 17.1 Å². The van der Waals surface area contributed by atoms with Crippen molar-refractivity contribution in [1.29, 1.82) is 0 Å². The molecule has 0 aromatic heterocycles. The summed E-state index contributed by atoms with van der Waals surface area (Å²) in [6, 6.07) is 0. The second-order valence-electron chi connectivity index (χ2n) is 9.29. The molecule has 24 heavy (non-hydrogen) atoms. The van der Waals surface area contributed by atoms with Crippen LogP contribution in [0.25, 0.3) is 0 Å². The summed E-state index contributed by atoms with van der Waals surface area (Å²) in [7, 11) is 1.80. The normalized spacial score (nSPS) is 47.0. The van der Waals surface area contributed by atoms with Crippen molar-refractivity contribution in [2.75, 3.05) is 7.11 Å². The third-order valence-corrected chi connectivity index (χ3v) is 8.49. The molecule has 0 N–H and O–H groups in total. The lowest BCUT2D eigenvalue weighted by Gasteiger charge is -2.56. The number of fused-ring (bicyclic) bond motifs is 5. The van der Waals surface area contributed by atoms with Crippen molar-refractivity contribution in [3.05, 3.63) is 23.5 Å². The number of methoxy groups -OCH3 is 1. The molecular weight excluding hydrogens is 296 g/mol. The lowest BCUT2D eigenvalue weighted by Crippen LogP contribution is -2.49. The van der Waals surface area contributed by atoms with Crippen LogP contribution in [0, 0.1) is 34.5 Å². The van der Waals surface area contributed by atoms with E-state index in [9.17, 15) is 4.79 Å². The van der Waals surface area contributed by atoms with Gasteiger partial charge in [-0.05, 0) is 85.7 Å².